The van der Waals surface area contributed by atoms with Gasteiger partial charge in [0.2, 0.25) is 0 Å². The molecule has 0 spiro atoms. The number of amides is 1. The third-order valence-corrected chi connectivity index (χ3v) is 4.71. The molecule has 2 atom stereocenters. The van der Waals surface area contributed by atoms with Crippen molar-refractivity contribution in [1.29, 1.82) is 0 Å². The van der Waals surface area contributed by atoms with Crippen molar-refractivity contribution >= 4 is 23.2 Å². The number of carbonyl (C=O) groups excluding carboxylic acids is 1. The molecule has 104 valence electrons. The molecule has 1 aliphatic carbocycles. The van der Waals surface area contributed by atoms with E-state index in [0.29, 0.717) is 17.9 Å². The van der Waals surface area contributed by atoms with E-state index in [9.17, 15) is 9.59 Å². The van der Waals surface area contributed by atoms with Crippen molar-refractivity contribution < 1.29 is 14.7 Å². The van der Waals surface area contributed by atoms with Gasteiger partial charge in [0.1, 0.15) is 6.04 Å². The van der Waals surface area contributed by atoms with Gasteiger partial charge in [-0.05, 0) is 37.2 Å². The second-order valence-electron chi connectivity index (χ2n) is 5.17. The van der Waals surface area contributed by atoms with Crippen molar-refractivity contribution in [2.45, 2.75) is 45.6 Å². The molecule has 1 aromatic heterocycles. The van der Waals surface area contributed by atoms with Gasteiger partial charge in [-0.15, -0.1) is 11.3 Å². The number of carboxylic acid groups (broad SMARTS) is 1. The molecule has 1 unspecified atom stereocenters. The van der Waals surface area contributed by atoms with Crippen LogP contribution in [0.3, 0.4) is 0 Å². The predicted octanol–water partition coefficient (Wildman–Crippen LogP) is 2.47. The van der Waals surface area contributed by atoms with Crippen LogP contribution >= 0.6 is 11.3 Å². The summed E-state index contributed by atoms with van der Waals surface area (Å²) in [6.07, 6.45) is 3.45. The maximum Gasteiger partial charge on any atom is 0.326 e. The number of hydrogen-bond acceptors (Lipinski definition) is 3. The highest BCUT2D eigenvalue weighted by Gasteiger charge is 2.25. The van der Waals surface area contributed by atoms with E-state index in [-0.39, 0.29) is 5.91 Å². The van der Waals surface area contributed by atoms with Gasteiger partial charge in [-0.1, -0.05) is 13.8 Å². The van der Waals surface area contributed by atoms with Crippen LogP contribution in [-0.4, -0.2) is 23.0 Å². The largest absolute Gasteiger partial charge is 0.480 e. The number of fused-ring (bicyclic) bond motifs is 1. The van der Waals surface area contributed by atoms with Gasteiger partial charge < -0.3 is 10.4 Å². The highest BCUT2D eigenvalue weighted by molar-refractivity contribution is 7.10. The Hall–Kier alpha value is -1.36. The molecule has 5 heteroatoms. The van der Waals surface area contributed by atoms with E-state index < -0.39 is 12.0 Å². The van der Waals surface area contributed by atoms with Crippen molar-refractivity contribution in [3.05, 3.63) is 21.4 Å². The monoisotopic (exact) mass is 281 g/mol. The third-order valence-electron chi connectivity index (χ3n) is 3.66. The summed E-state index contributed by atoms with van der Waals surface area (Å²) in [7, 11) is 0. The maximum atomic E-state index is 12.2. The van der Waals surface area contributed by atoms with Gasteiger partial charge in [0.25, 0.3) is 5.91 Å². The summed E-state index contributed by atoms with van der Waals surface area (Å²) in [5, 5.41) is 13.4. The summed E-state index contributed by atoms with van der Waals surface area (Å²) in [5.41, 5.74) is 1.80. The lowest BCUT2D eigenvalue weighted by Gasteiger charge is -2.19. The van der Waals surface area contributed by atoms with Crippen molar-refractivity contribution in [3.63, 3.8) is 0 Å². The Kier molecular flexibility index (Phi) is 4.24. The summed E-state index contributed by atoms with van der Waals surface area (Å²) in [6, 6.07) is -0.800. The average Bonchev–Trinajstić information content (AvgIpc) is 2.78. The van der Waals surface area contributed by atoms with Crippen LogP contribution in [0.2, 0.25) is 0 Å². The smallest absolute Gasteiger partial charge is 0.326 e. The lowest BCUT2D eigenvalue weighted by molar-refractivity contribution is -0.139. The topological polar surface area (TPSA) is 66.4 Å². The third kappa shape index (κ3) is 2.97. The first-order valence-corrected chi connectivity index (χ1v) is 7.53. The Labute approximate surface area is 116 Å². The van der Waals surface area contributed by atoms with Crippen LogP contribution in [0.5, 0.6) is 0 Å². The Balaban J connectivity index is 2.14. The molecule has 0 saturated heterocycles. The maximum absolute atomic E-state index is 12.2. The molecule has 1 amide bonds. The van der Waals surface area contributed by atoms with Crippen molar-refractivity contribution in [3.8, 4) is 0 Å². The number of aliphatic carboxylic acids is 1. The number of carbonyl (C=O) groups is 2. The molecule has 0 aliphatic heterocycles. The van der Waals surface area contributed by atoms with Gasteiger partial charge >= 0.3 is 5.97 Å². The summed E-state index contributed by atoms with van der Waals surface area (Å²) in [5.74, 6) is -0.556. The second-order valence-corrected chi connectivity index (χ2v) is 6.14. The quantitative estimate of drug-likeness (QED) is 0.891. The zero-order valence-corrected chi connectivity index (χ0v) is 12.0. The fourth-order valence-electron chi connectivity index (χ4n) is 2.44. The van der Waals surface area contributed by atoms with E-state index in [0.717, 1.165) is 24.8 Å². The minimum Gasteiger partial charge on any atom is -0.480 e. The van der Waals surface area contributed by atoms with E-state index in [1.54, 1.807) is 18.3 Å². The average molecular weight is 281 g/mol. The fourth-order valence-corrected chi connectivity index (χ4v) is 3.69. The van der Waals surface area contributed by atoms with E-state index >= 15 is 0 Å². The summed E-state index contributed by atoms with van der Waals surface area (Å²) < 4.78 is 0. The van der Waals surface area contributed by atoms with Gasteiger partial charge in [-0.2, -0.15) is 0 Å². The summed E-state index contributed by atoms with van der Waals surface area (Å²) in [6.45, 7) is 3.98. The lowest BCUT2D eigenvalue weighted by atomic mass is 9.88. The number of hydrogen-bond donors (Lipinski definition) is 2. The van der Waals surface area contributed by atoms with Crippen LogP contribution in [0.4, 0.5) is 0 Å². The van der Waals surface area contributed by atoms with Crippen LogP contribution in [-0.2, 0) is 17.6 Å². The zero-order valence-electron chi connectivity index (χ0n) is 11.2. The molecule has 2 N–H and O–H groups in total. The minimum atomic E-state index is -0.978. The number of thiophene rings is 1. The number of carboxylic acids is 1. The molecule has 0 aromatic carbocycles. The molecule has 19 heavy (non-hydrogen) atoms. The van der Waals surface area contributed by atoms with Crippen LogP contribution < -0.4 is 5.32 Å². The van der Waals surface area contributed by atoms with Crippen LogP contribution in [0.15, 0.2) is 5.38 Å². The van der Waals surface area contributed by atoms with Crippen molar-refractivity contribution in [2.24, 2.45) is 5.92 Å². The Morgan fingerprint density at radius 3 is 2.95 bits per heavy atom. The summed E-state index contributed by atoms with van der Waals surface area (Å²) in [4.78, 5) is 24.4. The zero-order chi connectivity index (χ0) is 14.0. The lowest BCUT2D eigenvalue weighted by Crippen LogP contribution is -2.40. The van der Waals surface area contributed by atoms with Gasteiger partial charge in [-0.3, -0.25) is 4.79 Å². The van der Waals surface area contributed by atoms with Gasteiger partial charge in [0.15, 0.2) is 0 Å². The first-order valence-electron chi connectivity index (χ1n) is 6.65. The van der Waals surface area contributed by atoms with E-state index in [1.165, 1.54) is 4.88 Å². The molecular weight excluding hydrogens is 262 g/mol. The minimum absolute atomic E-state index is 0.249. The van der Waals surface area contributed by atoms with Gasteiger partial charge in [0, 0.05) is 10.3 Å². The molecule has 1 heterocycles. The fraction of sp³-hybridized carbons (Fsp3) is 0.571. The predicted molar refractivity (Wildman–Crippen MR) is 74.7 cm³/mol. The van der Waals surface area contributed by atoms with Gasteiger partial charge in [0.05, 0.1) is 5.56 Å². The first-order chi connectivity index (χ1) is 9.02. The van der Waals surface area contributed by atoms with Crippen LogP contribution in [0.25, 0.3) is 0 Å². The molecule has 0 saturated carbocycles. The summed E-state index contributed by atoms with van der Waals surface area (Å²) >= 11 is 1.62. The highest BCUT2D eigenvalue weighted by Crippen LogP contribution is 2.32. The van der Waals surface area contributed by atoms with Crippen LogP contribution in [0.1, 0.15) is 47.5 Å². The molecule has 2 rings (SSSR count). The number of rotatable bonds is 4. The van der Waals surface area contributed by atoms with E-state index in [2.05, 4.69) is 12.2 Å². The molecule has 4 nitrogen and oxygen atoms in total. The first kappa shape index (κ1) is 14.1. The molecule has 1 aromatic rings. The molecule has 0 radical (unpaired) electrons. The Bertz CT molecular complexity index is 495. The van der Waals surface area contributed by atoms with Crippen molar-refractivity contribution in [2.75, 3.05) is 0 Å². The number of nitrogens with one attached hydrogen (secondary N) is 1. The van der Waals surface area contributed by atoms with Crippen molar-refractivity contribution in [1.82, 2.24) is 5.32 Å². The normalized spacial score (nSPS) is 19.6. The Morgan fingerprint density at radius 2 is 2.32 bits per heavy atom. The standard InChI is InChI=1S/C14H19NO3S/c1-3-11(14(17)18)15-13(16)10-7-19-12-6-8(2)4-5-9(10)12/h7-8,11H,3-6H2,1-2H3,(H,15,16)(H,17,18)/t8?,11-/m1/s1. The molecule has 0 bridgehead atoms. The van der Waals surface area contributed by atoms with E-state index in [1.807, 2.05) is 5.38 Å². The van der Waals surface area contributed by atoms with Gasteiger partial charge in [-0.25, -0.2) is 4.79 Å². The van der Waals surface area contributed by atoms with E-state index in [4.69, 9.17) is 5.11 Å². The van der Waals surface area contributed by atoms with Crippen LogP contribution in [0, 0.1) is 5.92 Å². The SMILES string of the molecule is CC[C@@H](NC(=O)c1csc2c1CCC(C)C2)C(=O)O. The second kappa shape index (κ2) is 5.74. The molecule has 0 fully saturated rings. The molecular formula is C14H19NO3S. The molecule has 1 aliphatic rings. The highest BCUT2D eigenvalue weighted by atomic mass is 32.1. The Morgan fingerprint density at radius 1 is 1.58 bits per heavy atom.